The average molecular weight is 338 g/mol. The summed E-state index contributed by atoms with van der Waals surface area (Å²) in [7, 11) is 1.63. The van der Waals surface area contributed by atoms with Gasteiger partial charge in [0.25, 0.3) is 5.91 Å². The quantitative estimate of drug-likeness (QED) is 0.852. The molecule has 2 aromatic carbocycles. The van der Waals surface area contributed by atoms with E-state index in [4.69, 9.17) is 4.74 Å². The Balaban J connectivity index is 1.82. The summed E-state index contributed by atoms with van der Waals surface area (Å²) in [6, 6.07) is 15.5. The predicted octanol–water partition coefficient (Wildman–Crippen LogP) is 4.15. The lowest BCUT2D eigenvalue weighted by Gasteiger charge is -2.02. The molecule has 4 nitrogen and oxygen atoms in total. The van der Waals surface area contributed by atoms with Crippen molar-refractivity contribution in [1.82, 2.24) is 5.32 Å². The Labute approximate surface area is 145 Å². The van der Waals surface area contributed by atoms with Crippen molar-refractivity contribution < 1.29 is 9.53 Å². The van der Waals surface area contributed by atoms with Crippen molar-refractivity contribution in [3.05, 3.63) is 64.6 Å². The molecule has 2 aromatic rings. The Morgan fingerprint density at radius 2 is 1.92 bits per heavy atom. The van der Waals surface area contributed by atoms with Gasteiger partial charge < -0.3 is 10.1 Å². The van der Waals surface area contributed by atoms with Crippen LogP contribution in [0.3, 0.4) is 0 Å². The van der Waals surface area contributed by atoms with Crippen LogP contribution in [0.5, 0.6) is 5.75 Å². The molecule has 0 unspecified atom stereocenters. The molecule has 0 aromatic heterocycles. The Morgan fingerprint density at radius 3 is 2.62 bits per heavy atom. The van der Waals surface area contributed by atoms with Crippen LogP contribution in [0, 0.1) is 0 Å². The summed E-state index contributed by atoms with van der Waals surface area (Å²) >= 11 is 1.36. The Kier molecular flexibility index (Phi) is 5.01. The molecular formula is C19H18N2O2S. The molecule has 3 rings (SSSR count). The van der Waals surface area contributed by atoms with Crippen molar-refractivity contribution in [2.24, 2.45) is 4.99 Å². The zero-order valence-electron chi connectivity index (χ0n) is 13.6. The van der Waals surface area contributed by atoms with Gasteiger partial charge in [0.1, 0.15) is 5.75 Å². The van der Waals surface area contributed by atoms with Crippen LogP contribution < -0.4 is 10.1 Å². The topological polar surface area (TPSA) is 50.7 Å². The van der Waals surface area contributed by atoms with E-state index < -0.39 is 0 Å². The number of thioether (sulfide) groups is 1. The van der Waals surface area contributed by atoms with Gasteiger partial charge in [-0.25, -0.2) is 4.99 Å². The number of carbonyl (C=O) groups is 1. The van der Waals surface area contributed by atoms with E-state index in [2.05, 4.69) is 23.3 Å². The number of amides is 1. The molecule has 122 valence electrons. The van der Waals surface area contributed by atoms with Crippen LogP contribution in [0.25, 0.3) is 6.08 Å². The Hall–Kier alpha value is -2.53. The Bertz CT molecular complexity index is 810. The summed E-state index contributed by atoms with van der Waals surface area (Å²) in [4.78, 5) is 17.4. The molecule has 1 heterocycles. The summed E-state index contributed by atoms with van der Waals surface area (Å²) in [5, 5.41) is 3.44. The first-order valence-corrected chi connectivity index (χ1v) is 8.53. The minimum absolute atomic E-state index is 0.122. The number of hydrogen-bond donors (Lipinski definition) is 1. The molecule has 0 saturated carbocycles. The first-order valence-electron chi connectivity index (χ1n) is 7.71. The largest absolute Gasteiger partial charge is 0.497 e. The number of hydrogen-bond acceptors (Lipinski definition) is 4. The highest BCUT2D eigenvalue weighted by Gasteiger charge is 2.23. The monoisotopic (exact) mass is 338 g/mol. The first kappa shape index (κ1) is 16.3. The number of aryl methyl sites for hydroxylation is 1. The minimum atomic E-state index is -0.122. The number of nitrogens with zero attached hydrogens (tertiary/aromatic N) is 1. The maximum Gasteiger partial charge on any atom is 0.264 e. The van der Waals surface area contributed by atoms with E-state index in [9.17, 15) is 4.79 Å². The van der Waals surface area contributed by atoms with E-state index in [0.717, 1.165) is 29.0 Å². The summed E-state index contributed by atoms with van der Waals surface area (Å²) in [6.45, 7) is 2.09. The van der Waals surface area contributed by atoms with Crippen molar-refractivity contribution in [1.29, 1.82) is 0 Å². The number of carbonyl (C=O) groups excluding carboxylic acids is 1. The van der Waals surface area contributed by atoms with Crippen molar-refractivity contribution in [3.8, 4) is 5.75 Å². The highest BCUT2D eigenvalue weighted by Crippen LogP contribution is 2.29. The summed E-state index contributed by atoms with van der Waals surface area (Å²) < 4.78 is 5.14. The van der Waals surface area contributed by atoms with Gasteiger partial charge in [-0.15, -0.1) is 0 Å². The van der Waals surface area contributed by atoms with Crippen molar-refractivity contribution in [2.75, 3.05) is 7.11 Å². The van der Waals surface area contributed by atoms with Crippen LogP contribution >= 0.6 is 11.8 Å². The predicted molar refractivity (Wildman–Crippen MR) is 99.6 cm³/mol. The Morgan fingerprint density at radius 1 is 1.17 bits per heavy atom. The lowest BCUT2D eigenvalue weighted by Crippen LogP contribution is -2.19. The SMILES string of the molecule is CCc1ccccc1N=C1NC(=O)C(=Cc2ccc(OC)cc2)S1. The fraction of sp³-hybridized carbons (Fsp3) is 0.158. The summed E-state index contributed by atoms with van der Waals surface area (Å²) in [5.74, 6) is 0.669. The lowest BCUT2D eigenvalue weighted by atomic mass is 10.1. The molecule has 0 bridgehead atoms. The average Bonchev–Trinajstić information content (AvgIpc) is 2.95. The molecule has 1 aliphatic rings. The molecule has 1 fully saturated rings. The van der Waals surface area contributed by atoms with Gasteiger partial charge in [0.2, 0.25) is 0 Å². The van der Waals surface area contributed by atoms with E-state index in [1.807, 2.05) is 48.5 Å². The lowest BCUT2D eigenvalue weighted by molar-refractivity contribution is -0.115. The van der Waals surface area contributed by atoms with Crippen molar-refractivity contribution in [3.63, 3.8) is 0 Å². The van der Waals surface area contributed by atoms with E-state index in [1.54, 1.807) is 7.11 Å². The smallest absolute Gasteiger partial charge is 0.264 e. The molecule has 24 heavy (non-hydrogen) atoms. The number of methoxy groups -OCH3 is 1. The molecule has 0 spiro atoms. The number of amidine groups is 1. The van der Waals surface area contributed by atoms with Gasteiger partial charge in [0.05, 0.1) is 17.7 Å². The summed E-state index contributed by atoms with van der Waals surface area (Å²) in [5.41, 5.74) is 3.00. The van der Waals surface area contributed by atoms with Crippen LogP contribution in [0.4, 0.5) is 5.69 Å². The zero-order valence-corrected chi connectivity index (χ0v) is 14.4. The second kappa shape index (κ2) is 7.36. The van der Waals surface area contributed by atoms with E-state index in [-0.39, 0.29) is 5.91 Å². The van der Waals surface area contributed by atoms with Gasteiger partial charge in [-0.1, -0.05) is 37.3 Å². The van der Waals surface area contributed by atoms with Crippen LogP contribution in [0.1, 0.15) is 18.1 Å². The number of aliphatic imine (C=N–C) groups is 1. The standard InChI is InChI=1S/C19H18N2O2S/c1-3-14-6-4-5-7-16(14)20-19-21-18(22)17(24-19)12-13-8-10-15(23-2)11-9-13/h4-12H,3H2,1-2H3,(H,20,21,22). The van der Waals surface area contributed by atoms with Crippen molar-refractivity contribution >= 4 is 34.6 Å². The van der Waals surface area contributed by atoms with Gasteiger partial charge in [-0.3, -0.25) is 4.79 Å². The molecule has 0 radical (unpaired) electrons. The van der Waals surface area contributed by atoms with E-state index >= 15 is 0 Å². The van der Waals surface area contributed by atoms with Gasteiger partial charge in [-0.2, -0.15) is 0 Å². The highest BCUT2D eigenvalue weighted by atomic mass is 32.2. The first-order chi connectivity index (χ1) is 11.7. The number of rotatable bonds is 4. The van der Waals surface area contributed by atoms with Gasteiger partial charge in [-0.05, 0) is 53.6 Å². The van der Waals surface area contributed by atoms with E-state index in [1.165, 1.54) is 11.8 Å². The third-order valence-electron chi connectivity index (χ3n) is 3.66. The highest BCUT2D eigenvalue weighted by molar-refractivity contribution is 8.18. The molecule has 1 N–H and O–H groups in total. The molecule has 0 atom stereocenters. The van der Waals surface area contributed by atoms with Gasteiger partial charge in [0.15, 0.2) is 5.17 Å². The second-order valence-corrected chi connectivity index (χ2v) is 6.27. The molecule has 1 saturated heterocycles. The zero-order chi connectivity index (χ0) is 16.9. The number of benzene rings is 2. The number of ether oxygens (including phenoxy) is 1. The maximum atomic E-state index is 12.2. The normalized spacial score (nSPS) is 17.3. The second-order valence-electron chi connectivity index (χ2n) is 5.24. The van der Waals surface area contributed by atoms with Crippen LogP contribution in [0.15, 0.2) is 58.4 Å². The molecule has 1 aliphatic heterocycles. The van der Waals surface area contributed by atoms with Crippen LogP contribution in [-0.4, -0.2) is 18.2 Å². The molecular weight excluding hydrogens is 320 g/mol. The molecule has 0 aliphatic carbocycles. The van der Waals surface area contributed by atoms with Crippen LogP contribution in [-0.2, 0) is 11.2 Å². The third-order valence-corrected chi connectivity index (χ3v) is 4.57. The van der Waals surface area contributed by atoms with E-state index in [0.29, 0.717) is 10.1 Å². The number of nitrogens with one attached hydrogen (secondary N) is 1. The molecule has 1 amide bonds. The fourth-order valence-electron chi connectivity index (χ4n) is 2.36. The summed E-state index contributed by atoms with van der Waals surface area (Å²) in [6.07, 6.45) is 2.76. The van der Waals surface area contributed by atoms with Gasteiger partial charge in [0, 0.05) is 0 Å². The molecule has 5 heteroatoms. The fourth-order valence-corrected chi connectivity index (χ4v) is 3.20. The third kappa shape index (κ3) is 3.68. The van der Waals surface area contributed by atoms with Gasteiger partial charge >= 0.3 is 0 Å². The van der Waals surface area contributed by atoms with Crippen molar-refractivity contribution in [2.45, 2.75) is 13.3 Å². The number of para-hydroxylation sites is 1. The van der Waals surface area contributed by atoms with Crippen LogP contribution in [0.2, 0.25) is 0 Å². The maximum absolute atomic E-state index is 12.2. The minimum Gasteiger partial charge on any atom is -0.497 e.